The Morgan fingerprint density at radius 3 is 2.46 bits per heavy atom. The van der Waals surface area contributed by atoms with Gasteiger partial charge in [0.25, 0.3) is 11.5 Å². The lowest BCUT2D eigenvalue weighted by atomic mass is 9.40. The molecular weight excluding hydrogens is 475 g/mol. The molecule has 7 rings (SSSR count). The molecule has 0 radical (unpaired) electrons. The van der Waals surface area contributed by atoms with E-state index < -0.39 is 11.5 Å². The van der Waals surface area contributed by atoms with Gasteiger partial charge in [0.1, 0.15) is 22.8 Å². The van der Waals surface area contributed by atoms with E-state index in [2.05, 4.69) is 22.1 Å². The molecule has 0 spiro atoms. The van der Waals surface area contributed by atoms with Crippen molar-refractivity contribution in [3.05, 3.63) is 58.3 Å². The van der Waals surface area contributed by atoms with E-state index in [-0.39, 0.29) is 40.7 Å². The molecule has 4 aliphatic rings. The second-order valence-electron chi connectivity index (χ2n) is 11.4. The van der Waals surface area contributed by atoms with E-state index in [9.17, 15) is 24.2 Å². The number of likely N-dealkylation sites (tertiary alicyclic amines) is 1. The molecule has 1 aliphatic heterocycles. The number of hydrogen-bond donors (Lipinski definition) is 3. The summed E-state index contributed by atoms with van der Waals surface area (Å²) in [6, 6.07) is 7.62. The van der Waals surface area contributed by atoms with Crippen molar-refractivity contribution in [1.29, 1.82) is 0 Å². The third kappa shape index (κ3) is 4.20. The van der Waals surface area contributed by atoms with Crippen molar-refractivity contribution in [3.63, 3.8) is 0 Å². The van der Waals surface area contributed by atoms with Crippen molar-refractivity contribution in [2.75, 3.05) is 19.6 Å². The number of fused-ring (bicyclic) bond motifs is 1. The fourth-order valence-electron chi connectivity index (χ4n) is 6.64. The van der Waals surface area contributed by atoms with Gasteiger partial charge in [-0.1, -0.05) is 19.1 Å². The van der Waals surface area contributed by atoms with E-state index in [1.807, 2.05) is 0 Å². The molecule has 3 heterocycles. The summed E-state index contributed by atoms with van der Waals surface area (Å²) < 4.78 is 14.9. The minimum Gasteiger partial charge on any atom is -0.506 e. The normalized spacial score (nSPS) is 25.5. The van der Waals surface area contributed by atoms with Crippen molar-refractivity contribution in [2.45, 2.75) is 57.2 Å². The van der Waals surface area contributed by atoms with Crippen LogP contribution >= 0.6 is 0 Å². The summed E-state index contributed by atoms with van der Waals surface area (Å²) in [5.41, 5.74) is 0.779. The second-order valence-corrected chi connectivity index (χ2v) is 11.4. The Kier molecular flexibility index (Phi) is 5.61. The maximum absolute atomic E-state index is 13.6. The Hall–Kier alpha value is -3.30. The van der Waals surface area contributed by atoms with Gasteiger partial charge in [-0.25, -0.2) is 9.37 Å². The quantitative estimate of drug-likeness (QED) is 0.475. The number of carbonyl (C=O) groups is 1. The highest BCUT2D eigenvalue weighted by Crippen LogP contribution is 2.66. The van der Waals surface area contributed by atoms with Gasteiger partial charge in [0.2, 0.25) is 0 Å². The molecule has 0 atom stereocenters. The lowest BCUT2D eigenvalue weighted by molar-refractivity contribution is -0.132. The first-order valence-electron chi connectivity index (χ1n) is 12.9. The van der Waals surface area contributed by atoms with Gasteiger partial charge in [0, 0.05) is 43.5 Å². The fraction of sp³-hybridized carbons (Fsp3) is 0.464. The number of rotatable bonds is 6. The molecule has 4 fully saturated rings. The molecule has 37 heavy (non-hydrogen) atoms. The number of benzene rings is 1. The number of amides is 1. The zero-order valence-corrected chi connectivity index (χ0v) is 20.8. The summed E-state index contributed by atoms with van der Waals surface area (Å²) in [5, 5.41) is 24.4. The van der Waals surface area contributed by atoms with E-state index in [0.29, 0.717) is 41.5 Å². The predicted molar refractivity (Wildman–Crippen MR) is 137 cm³/mol. The molecule has 2 bridgehead atoms. The van der Waals surface area contributed by atoms with Crippen molar-refractivity contribution < 1.29 is 19.4 Å². The lowest BCUT2D eigenvalue weighted by Gasteiger charge is -2.69. The molecule has 8 nitrogen and oxygen atoms in total. The minimum atomic E-state index is -0.570. The maximum atomic E-state index is 13.6. The molecule has 3 saturated carbocycles. The molecule has 0 unspecified atom stereocenters. The van der Waals surface area contributed by atoms with Crippen molar-refractivity contribution >= 4 is 16.9 Å². The number of nitrogens with one attached hydrogen (secondary N) is 1. The largest absolute Gasteiger partial charge is 0.506 e. The van der Waals surface area contributed by atoms with Gasteiger partial charge in [-0.05, 0) is 61.3 Å². The highest BCUT2D eigenvalue weighted by molar-refractivity contribution is 6.02. The number of hydrogen-bond acceptors (Lipinski definition) is 6. The van der Waals surface area contributed by atoms with Gasteiger partial charge < -0.3 is 20.4 Å². The monoisotopic (exact) mass is 506 g/mol. The van der Waals surface area contributed by atoms with Crippen LogP contribution in [0.2, 0.25) is 0 Å². The molecule has 2 aromatic heterocycles. The molecule has 3 aromatic rings. The average Bonchev–Trinajstić information content (AvgIpc) is 2.84. The van der Waals surface area contributed by atoms with Crippen LogP contribution < -0.4 is 10.9 Å². The number of pyridine rings is 2. The molecular formula is C28H31FN4O4. The Labute approximate surface area is 213 Å². The van der Waals surface area contributed by atoms with E-state index >= 15 is 0 Å². The first kappa shape index (κ1) is 24.1. The van der Waals surface area contributed by atoms with E-state index in [0.717, 1.165) is 32.4 Å². The summed E-state index contributed by atoms with van der Waals surface area (Å²) >= 11 is 0. The van der Waals surface area contributed by atoms with E-state index in [4.69, 9.17) is 0 Å². The number of aromatic hydroxyl groups is 1. The van der Waals surface area contributed by atoms with Crippen LogP contribution in [0.5, 0.6) is 5.75 Å². The number of halogens is 1. The zero-order valence-electron chi connectivity index (χ0n) is 20.8. The predicted octanol–water partition coefficient (Wildman–Crippen LogP) is 3.04. The van der Waals surface area contributed by atoms with Gasteiger partial charge in [0.05, 0.1) is 11.5 Å². The van der Waals surface area contributed by atoms with Crippen LogP contribution in [0.15, 0.2) is 41.3 Å². The maximum Gasteiger partial charge on any atom is 0.268 e. The lowest BCUT2D eigenvalue weighted by Crippen LogP contribution is -2.73. The Balaban J connectivity index is 1.39. The molecule has 3 N–H and O–H groups in total. The van der Waals surface area contributed by atoms with E-state index in [1.165, 1.54) is 16.7 Å². The first-order chi connectivity index (χ1) is 17.7. The molecule has 3 aliphatic carbocycles. The number of aliphatic hydroxyl groups is 1. The Morgan fingerprint density at radius 1 is 1.14 bits per heavy atom. The number of aromatic nitrogens is 2. The highest BCUT2D eigenvalue weighted by Gasteiger charge is 2.65. The Morgan fingerprint density at radius 2 is 1.81 bits per heavy atom. The summed E-state index contributed by atoms with van der Waals surface area (Å²) in [5.74, 6) is -1.31. The van der Waals surface area contributed by atoms with E-state index in [1.54, 1.807) is 24.4 Å². The van der Waals surface area contributed by atoms with Crippen LogP contribution in [0.4, 0.5) is 4.39 Å². The third-order valence-electron chi connectivity index (χ3n) is 8.35. The second kappa shape index (κ2) is 8.63. The molecule has 1 aromatic carbocycles. The smallest absolute Gasteiger partial charge is 0.268 e. The summed E-state index contributed by atoms with van der Waals surface area (Å²) in [6.45, 7) is 4.48. The van der Waals surface area contributed by atoms with Crippen molar-refractivity contribution in [1.82, 2.24) is 19.8 Å². The summed E-state index contributed by atoms with van der Waals surface area (Å²) in [4.78, 5) is 33.7. The number of piperidine rings is 1. The van der Waals surface area contributed by atoms with Crippen molar-refractivity contribution in [2.24, 2.45) is 5.41 Å². The first-order valence-corrected chi connectivity index (χ1v) is 12.9. The zero-order chi connectivity index (χ0) is 25.9. The fourth-order valence-corrected chi connectivity index (χ4v) is 6.64. The summed E-state index contributed by atoms with van der Waals surface area (Å²) in [6.07, 6.45) is 5.29. The standard InChI is InChI=1S/C28H31FN4O4/c1-27-14-28(15-27,16-27)31-25(36)22-23(35)21-12-18(17-2-4-19(29)5-3-17)13-30-24(21)33(26(22)37)11-10-32-8-6-20(34)7-9-32/h2-5,12-13,20,34-35H,6-11,14-16H2,1H3,(H,31,36). The minimum absolute atomic E-state index is 0.269. The van der Waals surface area contributed by atoms with Gasteiger partial charge >= 0.3 is 0 Å². The molecule has 9 heteroatoms. The van der Waals surface area contributed by atoms with Crippen molar-refractivity contribution in [3.8, 4) is 16.9 Å². The SMILES string of the molecule is CC12CC(NC(=O)c3c(O)c4cc(-c5ccc(F)cc5)cnc4n(CCN4CCC(O)CC4)c3=O)(C1)C2. The van der Waals surface area contributed by atoms with Gasteiger partial charge in [-0.15, -0.1) is 0 Å². The number of aliphatic hydroxyl groups excluding tert-OH is 1. The topological polar surface area (TPSA) is 108 Å². The molecule has 1 amide bonds. The van der Waals surface area contributed by atoms with Crippen LogP contribution in [-0.2, 0) is 6.54 Å². The Bertz CT molecular complexity index is 1420. The molecule has 1 saturated heterocycles. The highest BCUT2D eigenvalue weighted by atomic mass is 19.1. The van der Waals surface area contributed by atoms with Gasteiger partial charge in [0.15, 0.2) is 0 Å². The number of carbonyl (C=O) groups excluding carboxylic acids is 1. The van der Waals surface area contributed by atoms with Crippen LogP contribution in [0.25, 0.3) is 22.2 Å². The van der Waals surface area contributed by atoms with Crippen LogP contribution in [0, 0.1) is 11.2 Å². The summed E-state index contributed by atoms with van der Waals surface area (Å²) in [7, 11) is 0. The number of nitrogens with zero attached hydrogens (tertiary/aromatic N) is 3. The van der Waals surface area contributed by atoms with Crippen LogP contribution in [-0.4, -0.2) is 61.8 Å². The third-order valence-corrected chi connectivity index (χ3v) is 8.35. The van der Waals surface area contributed by atoms with Crippen LogP contribution in [0.1, 0.15) is 49.4 Å². The van der Waals surface area contributed by atoms with Gasteiger partial charge in [-0.2, -0.15) is 0 Å². The van der Waals surface area contributed by atoms with Crippen LogP contribution in [0.3, 0.4) is 0 Å². The average molecular weight is 507 g/mol. The van der Waals surface area contributed by atoms with Gasteiger partial charge in [-0.3, -0.25) is 14.2 Å². The molecule has 194 valence electrons.